The fraction of sp³-hybridized carbons (Fsp3) is 0.0612. The molecule has 4 heteroatoms. The Kier molecular flexibility index (Phi) is 6.27. The van der Waals surface area contributed by atoms with Gasteiger partial charge >= 0.3 is 0 Å². The average Bonchev–Trinajstić information content (AvgIpc) is 3.82. The van der Waals surface area contributed by atoms with Crippen molar-refractivity contribution >= 4 is 43.7 Å². The smallest absolute Gasteiger partial charge is 0.160 e. The molecule has 250 valence electrons. The molecule has 7 aromatic carbocycles. The second kappa shape index (κ2) is 11.1. The Bertz CT molecular complexity index is 3080. The highest BCUT2D eigenvalue weighted by molar-refractivity contribution is 6.11. The molecule has 0 N–H and O–H groups in total. The molecule has 0 atom stereocenters. The Hall–Kier alpha value is -6.78. The van der Waals surface area contributed by atoms with Crippen LogP contribution >= 0.6 is 0 Å². The number of para-hydroxylation sites is 2. The van der Waals surface area contributed by atoms with E-state index in [1.54, 1.807) is 0 Å². The maximum absolute atomic E-state index is 6.26. The number of nitrogens with zero attached hydrogens (tertiary/aromatic N) is 3. The quantitative estimate of drug-likeness (QED) is 0.186. The monoisotopic (exact) mass is 679 g/mol. The van der Waals surface area contributed by atoms with Crippen LogP contribution in [0.2, 0.25) is 0 Å². The van der Waals surface area contributed by atoms with Crippen LogP contribution in [0.25, 0.3) is 94.5 Å². The Morgan fingerprint density at radius 1 is 0.453 bits per heavy atom. The minimum Gasteiger partial charge on any atom is -0.456 e. The molecule has 0 amide bonds. The number of hydrogen-bond donors (Lipinski definition) is 0. The predicted octanol–water partition coefficient (Wildman–Crippen LogP) is 12.8. The summed E-state index contributed by atoms with van der Waals surface area (Å²) in [6.45, 7) is 4.69. The van der Waals surface area contributed by atoms with Gasteiger partial charge in [-0.15, -0.1) is 0 Å². The van der Waals surface area contributed by atoms with Gasteiger partial charge in [-0.1, -0.05) is 111 Å². The predicted molar refractivity (Wildman–Crippen MR) is 218 cm³/mol. The highest BCUT2D eigenvalue weighted by atomic mass is 16.3. The molecule has 0 aliphatic heterocycles. The van der Waals surface area contributed by atoms with Gasteiger partial charge in [0.1, 0.15) is 11.2 Å². The SMILES string of the molecule is CC1(C)c2ccccc2-c2cc3c4ccccc4n(-c4ccc(-c5nc(-c6ccccc6)cc(-c6ccc7c(c6)oc6ccccc67)n5)cc4)c3cc21. The molecule has 1 aliphatic rings. The molecule has 3 aromatic heterocycles. The molecule has 1 aliphatic carbocycles. The molecule has 10 aromatic rings. The normalized spacial score (nSPS) is 13.2. The van der Waals surface area contributed by atoms with Crippen LogP contribution in [0, 0.1) is 0 Å². The van der Waals surface area contributed by atoms with E-state index < -0.39 is 0 Å². The lowest BCUT2D eigenvalue weighted by Crippen LogP contribution is -2.14. The third-order valence-electron chi connectivity index (χ3n) is 11.2. The molecule has 0 spiro atoms. The molecular weight excluding hydrogens is 647 g/mol. The zero-order chi connectivity index (χ0) is 35.3. The maximum Gasteiger partial charge on any atom is 0.160 e. The van der Waals surface area contributed by atoms with Gasteiger partial charge in [-0.2, -0.15) is 0 Å². The van der Waals surface area contributed by atoms with Crippen molar-refractivity contribution in [3.8, 4) is 50.7 Å². The summed E-state index contributed by atoms with van der Waals surface area (Å²) in [5, 5.41) is 4.73. The van der Waals surface area contributed by atoms with Gasteiger partial charge < -0.3 is 8.98 Å². The van der Waals surface area contributed by atoms with E-state index in [-0.39, 0.29) is 5.41 Å². The van der Waals surface area contributed by atoms with Crippen molar-refractivity contribution in [2.45, 2.75) is 19.3 Å². The summed E-state index contributed by atoms with van der Waals surface area (Å²) in [7, 11) is 0. The minimum absolute atomic E-state index is 0.0843. The van der Waals surface area contributed by atoms with Crippen molar-refractivity contribution in [2.24, 2.45) is 0 Å². The molecule has 3 heterocycles. The third kappa shape index (κ3) is 4.49. The summed E-state index contributed by atoms with van der Waals surface area (Å²) in [5.74, 6) is 0.678. The first-order valence-electron chi connectivity index (χ1n) is 18.2. The van der Waals surface area contributed by atoms with Crippen LogP contribution < -0.4 is 0 Å². The third-order valence-corrected chi connectivity index (χ3v) is 11.2. The van der Waals surface area contributed by atoms with Crippen molar-refractivity contribution in [2.75, 3.05) is 0 Å². The highest BCUT2D eigenvalue weighted by Gasteiger charge is 2.36. The fourth-order valence-electron chi connectivity index (χ4n) is 8.57. The first-order valence-corrected chi connectivity index (χ1v) is 18.2. The molecule has 0 saturated heterocycles. The number of benzene rings is 7. The lowest BCUT2D eigenvalue weighted by Gasteiger charge is -2.21. The van der Waals surface area contributed by atoms with E-state index in [1.165, 1.54) is 44.1 Å². The number of hydrogen-bond acceptors (Lipinski definition) is 3. The average molecular weight is 680 g/mol. The van der Waals surface area contributed by atoms with Gasteiger partial charge in [0.25, 0.3) is 0 Å². The Morgan fingerprint density at radius 3 is 1.98 bits per heavy atom. The van der Waals surface area contributed by atoms with Crippen LogP contribution in [0.1, 0.15) is 25.0 Å². The fourth-order valence-corrected chi connectivity index (χ4v) is 8.57. The van der Waals surface area contributed by atoms with Crippen molar-refractivity contribution in [1.82, 2.24) is 14.5 Å². The summed E-state index contributed by atoms with van der Waals surface area (Å²) >= 11 is 0. The molecule has 0 fully saturated rings. The molecule has 0 unspecified atom stereocenters. The maximum atomic E-state index is 6.26. The summed E-state index contributed by atoms with van der Waals surface area (Å²) in [6.07, 6.45) is 0. The Labute approximate surface area is 306 Å². The largest absolute Gasteiger partial charge is 0.456 e. The van der Waals surface area contributed by atoms with Crippen LogP contribution in [0.5, 0.6) is 0 Å². The summed E-state index contributed by atoms with van der Waals surface area (Å²) < 4.78 is 8.67. The van der Waals surface area contributed by atoms with E-state index >= 15 is 0 Å². The van der Waals surface area contributed by atoms with Gasteiger partial charge in [0, 0.05) is 49.3 Å². The molecule has 4 nitrogen and oxygen atoms in total. The Morgan fingerprint density at radius 2 is 1.13 bits per heavy atom. The standard InChI is InChI=1S/C49H33N3O/c1-49(2)40-17-9-6-14-34(40)38-27-39-35-15-7-10-18-44(35)52(45(39)28-41(38)49)33-23-20-31(21-24-33)48-50-42(30-12-4-3-5-13-30)29-43(51-48)32-22-25-37-36-16-8-11-19-46(36)53-47(37)26-32/h3-29H,1-2H3. The van der Waals surface area contributed by atoms with Crippen LogP contribution in [-0.4, -0.2) is 14.5 Å². The minimum atomic E-state index is -0.0843. The van der Waals surface area contributed by atoms with Gasteiger partial charge in [-0.05, 0) is 89.0 Å². The number of aromatic nitrogens is 3. The van der Waals surface area contributed by atoms with Crippen LogP contribution in [0.3, 0.4) is 0 Å². The number of rotatable bonds is 4. The topological polar surface area (TPSA) is 43.9 Å². The second-order valence-corrected chi connectivity index (χ2v) is 14.6. The Balaban J connectivity index is 1.05. The summed E-state index contributed by atoms with van der Waals surface area (Å²) in [5.41, 5.74) is 15.3. The van der Waals surface area contributed by atoms with E-state index in [0.717, 1.165) is 55.7 Å². The van der Waals surface area contributed by atoms with Crippen LogP contribution in [0.15, 0.2) is 168 Å². The number of fused-ring (bicyclic) bond motifs is 9. The van der Waals surface area contributed by atoms with Crippen molar-refractivity contribution in [1.29, 1.82) is 0 Å². The van der Waals surface area contributed by atoms with Crippen LogP contribution in [-0.2, 0) is 5.41 Å². The first kappa shape index (κ1) is 29.9. The van der Waals surface area contributed by atoms with Gasteiger partial charge in [-0.25, -0.2) is 9.97 Å². The molecule has 0 bridgehead atoms. The summed E-state index contributed by atoms with van der Waals surface area (Å²) in [6, 6.07) is 58.1. The van der Waals surface area contributed by atoms with Gasteiger partial charge in [-0.3, -0.25) is 0 Å². The lowest BCUT2D eigenvalue weighted by molar-refractivity contribution is 0.661. The van der Waals surface area contributed by atoms with Crippen molar-refractivity contribution < 1.29 is 4.42 Å². The molecule has 0 saturated carbocycles. The molecule has 0 radical (unpaired) electrons. The number of furan rings is 1. The van der Waals surface area contributed by atoms with Gasteiger partial charge in [0.2, 0.25) is 0 Å². The van der Waals surface area contributed by atoms with E-state index in [9.17, 15) is 0 Å². The van der Waals surface area contributed by atoms with Gasteiger partial charge in [0.05, 0.1) is 22.4 Å². The molecular formula is C49H33N3O. The van der Waals surface area contributed by atoms with Gasteiger partial charge in [0.15, 0.2) is 5.82 Å². The second-order valence-electron chi connectivity index (χ2n) is 14.6. The zero-order valence-corrected chi connectivity index (χ0v) is 29.3. The van der Waals surface area contributed by atoms with Crippen LogP contribution in [0.4, 0.5) is 0 Å². The summed E-state index contributed by atoms with van der Waals surface area (Å²) in [4.78, 5) is 10.3. The van der Waals surface area contributed by atoms with E-state index in [1.807, 2.05) is 36.4 Å². The highest BCUT2D eigenvalue weighted by Crippen LogP contribution is 2.51. The van der Waals surface area contributed by atoms with Crippen molar-refractivity contribution in [3.63, 3.8) is 0 Å². The van der Waals surface area contributed by atoms with E-state index in [2.05, 4.69) is 146 Å². The zero-order valence-electron chi connectivity index (χ0n) is 29.3. The first-order chi connectivity index (χ1) is 26.0. The van der Waals surface area contributed by atoms with E-state index in [0.29, 0.717) is 5.82 Å². The molecule has 53 heavy (non-hydrogen) atoms. The lowest BCUT2D eigenvalue weighted by atomic mass is 9.82. The van der Waals surface area contributed by atoms with Crippen molar-refractivity contribution in [3.05, 3.63) is 175 Å². The molecule has 11 rings (SSSR count). The van der Waals surface area contributed by atoms with E-state index in [4.69, 9.17) is 14.4 Å².